The molecule has 1 heterocycles. The van der Waals surface area contributed by atoms with Crippen molar-refractivity contribution in [2.75, 3.05) is 46.6 Å². The van der Waals surface area contributed by atoms with Gasteiger partial charge in [0.2, 0.25) is 0 Å². The maximum atomic E-state index is 5.97. The Kier molecular flexibility index (Phi) is 6.29. The Bertz CT molecular complexity index is 470. The van der Waals surface area contributed by atoms with Crippen molar-refractivity contribution < 1.29 is 14.2 Å². The van der Waals surface area contributed by atoms with Gasteiger partial charge in [-0.05, 0) is 47.6 Å². The molecule has 118 valence electrons. The maximum absolute atomic E-state index is 5.97. The van der Waals surface area contributed by atoms with Crippen molar-refractivity contribution >= 4 is 15.9 Å². The molecule has 2 N–H and O–H groups in total. The fourth-order valence-electron chi connectivity index (χ4n) is 2.40. The van der Waals surface area contributed by atoms with Crippen LogP contribution in [0.1, 0.15) is 18.5 Å². The summed E-state index contributed by atoms with van der Waals surface area (Å²) >= 11 is 3.55. The summed E-state index contributed by atoms with van der Waals surface area (Å²) in [6.07, 6.45) is 0. The van der Waals surface area contributed by atoms with Gasteiger partial charge >= 0.3 is 0 Å². The van der Waals surface area contributed by atoms with Gasteiger partial charge < -0.3 is 19.9 Å². The molecular formula is C15H23BrN2O3. The number of fused-ring (bicyclic) bond motifs is 1. The zero-order valence-electron chi connectivity index (χ0n) is 12.6. The largest absolute Gasteiger partial charge is 0.486 e. The number of likely N-dealkylation sites (N-methyl/N-ethyl adjacent to an activating group) is 1. The SMILES string of the molecule is CCOCCN(C)C(CN)c1cc(Br)c2c(c1)OCCO2. The Hall–Kier alpha value is -0.820. The molecule has 0 spiro atoms. The van der Waals surface area contributed by atoms with Gasteiger partial charge in [0.1, 0.15) is 13.2 Å². The van der Waals surface area contributed by atoms with Crippen LogP contribution in [0.15, 0.2) is 16.6 Å². The Morgan fingerprint density at radius 1 is 1.38 bits per heavy atom. The van der Waals surface area contributed by atoms with Crippen LogP contribution in [0.2, 0.25) is 0 Å². The number of ether oxygens (including phenoxy) is 3. The molecule has 0 aliphatic carbocycles. The number of nitrogens with two attached hydrogens (primary N) is 1. The second kappa shape index (κ2) is 7.98. The van der Waals surface area contributed by atoms with Gasteiger partial charge in [0.15, 0.2) is 11.5 Å². The topological polar surface area (TPSA) is 57.0 Å². The van der Waals surface area contributed by atoms with E-state index in [2.05, 4.69) is 33.9 Å². The predicted octanol–water partition coefficient (Wildman–Crippen LogP) is 2.19. The number of benzene rings is 1. The molecule has 2 rings (SSSR count). The monoisotopic (exact) mass is 358 g/mol. The molecule has 0 aromatic heterocycles. The molecule has 1 aromatic rings. The van der Waals surface area contributed by atoms with E-state index >= 15 is 0 Å². The first kappa shape index (κ1) is 16.5. The van der Waals surface area contributed by atoms with Gasteiger partial charge in [-0.1, -0.05) is 0 Å². The zero-order valence-corrected chi connectivity index (χ0v) is 14.2. The van der Waals surface area contributed by atoms with Crippen molar-refractivity contribution in [2.45, 2.75) is 13.0 Å². The number of nitrogens with zero attached hydrogens (tertiary/aromatic N) is 1. The van der Waals surface area contributed by atoms with Gasteiger partial charge in [-0.25, -0.2) is 0 Å². The minimum absolute atomic E-state index is 0.123. The molecule has 1 aliphatic heterocycles. The highest BCUT2D eigenvalue weighted by atomic mass is 79.9. The number of rotatable bonds is 7. The molecule has 1 aliphatic rings. The predicted molar refractivity (Wildman–Crippen MR) is 86.1 cm³/mol. The van der Waals surface area contributed by atoms with Crippen molar-refractivity contribution in [3.05, 3.63) is 22.2 Å². The van der Waals surface area contributed by atoms with Crippen molar-refractivity contribution in [2.24, 2.45) is 5.73 Å². The zero-order chi connectivity index (χ0) is 15.2. The molecule has 0 saturated heterocycles. The van der Waals surface area contributed by atoms with Gasteiger partial charge in [0.25, 0.3) is 0 Å². The van der Waals surface area contributed by atoms with Crippen LogP contribution in [-0.2, 0) is 4.74 Å². The molecule has 0 fully saturated rings. The van der Waals surface area contributed by atoms with E-state index in [1.54, 1.807) is 0 Å². The summed E-state index contributed by atoms with van der Waals surface area (Å²) in [5.74, 6) is 1.56. The molecule has 0 saturated carbocycles. The van der Waals surface area contributed by atoms with Gasteiger partial charge in [-0.15, -0.1) is 0 Å². The Balaban J connectivity index is 2.16. The summed E-state index contributed by atoms with van der Waals surface area (Å²) in [4.78, 5) is 2.20. The molecular weight excluding hydrogens is 336 g/mol. The lowest BCUT2D eigenvalue weighted by molar-refractivity contribution is 0.108. The molecule has 0 amide bonds. The Labute approximate surface area is 134 Å². The maximum Gasteiger partial charge on any atom is 0.175 e. The van der Waals surface area contributed by atoms with Crippen LogP contribution in [0, 0.1) is 0 Å². The van der Waals surface area contributed by atoms with Crippen molar-refractivity contribution in [1.29, 1.82) is 0 Å². The van der Waals surface area contributed by atoms with Crippen LogP contribution in [0.25, 0.3) is 0 Å². The van der Waals surface area contributed by atoms with E-state index < -0.39 is 0 Å². The average Bonchev–Trinajstić information content (AvgIpc) is 2.48. The fourth-order valence-corrected chi connectivity index (χ4v) is 2.98. The van der Waals surface area contributed by atoms with E-state index in [0.29, 0.717) is 26.4 Å². The summed E-state index contributed by atoms with van der Waals surface area (Å²) in [5.41, 5.74) is 7.08. The summed E-state index contributed by atoms with van der Waals surface area (Å²) in [7, 11) is 2.06. The fraction of sp³-hybridized carbons (Fsp3) is 0.600. The van der Waals surface area contributed by atoms with Crippen LogP contribution >= 0.6 is 15.9 Å². The molecule has 1 unspecified atom stereocenters. The highest BCUT2D eigenvalue weighted by Crippen LogP contribution is 2.40. The second-order valence-corrected chi connectivity index (χ2v) is 5.81. The van der Waals surface area contributed by atoms with Crippen molar-refractivity contribution in [3.8, 4) is 11.5 Å². The van der Waals surface area contributed by atoms with Gasteiger partial charge in [-0.2, -0.15) is 0 Å². The average molecular weight is 359 g/mol. The molecule has 21 heavy (non-hydrogen) atoms. The molecule has 1 atom stereocenters. The van der Waals surface area contributed by atoms with Crippen LogP contribution < -0.4 is 15.2 Å². The smallest absolute Gasteiger partial charge is 0.175 e. The molecule has 0 radical (unpaired) electrons. The summed E-state index contributed by atoms with van der Waals surface area (Å²) in [6.45, 7) is 5.97. The minimum atomic E-state index is 0.123. The quantitative estimate of drug-likeness (QED) is 0.757. The first-order chi connectivity index (χ1) is 10.2. The highest BCUT2D eigenvalue weighted by molar-refractivity contribution is 9.10. The lowest BCUT2D eigenvalue weighted by atomic mass is 10.0. The molecule has 6 heteroatoms. The second-order valence-electron chi connectivity index (χ2n) is 4.96. The highest BCUT2D eigenvalue weighted by Gasteiger charge is 2.21. The molecule has 1 aromatic carbocycles. The van der Waals surface area contributed by atoms with Crippen LogP contribution in [0.3, 0.4) is 0 Å². The van der Waals surface area contributed by atoms with Gasteiger partial charge in [0, 0.05) is 25.7 Å². The minimum Gasteiger partial charge on any atom is -0.486 e. The Morgan fingerprint density at radius 3 is 2.86 bits per heavy atom. The van der Waals surface area contributed by atoms with Crippen molar-refractivity contribution in [3.63, 3.8) is 0 Å². The van der Waals surface area contributed by atoms with E-state index in [9.17, 15) is 0 Å². The van der Waals surface area contributed by atoms with E-state index in [-0.39, 0.29) is 6.04 Å². The summed E-state index contributed by atoms with van der Waals surface area (Å²) in [6, 6.07) is 4.20. The number of halogens is 1. The first-order valence-corrected chi connectivity index (χ1v) is 8.03. The van der Waals surface area contributed by atoms with Crippen LogP contribution in [0.4, 0.5) is 0 Å². The normalized spacial score (nSPS) is 15.3. The lowest BCUT2D eigenvalue weighted by Crippen LogP contribution is -2.33. The summed E-state index contributed by atoms with van der Waals surface area (Å²) < 4.78 is 17.6. The van der Waals surface area contributed by atoms with Gasteiger partial charge in [-0.3, -0.25) is 4.90 Å². The third kappa shape index (κ3) is 4.10. The van der Waals surface area contributed by atoms with Crippen LogP contribution in [-0.4, -0.2) is 51.5 Å². The molecule has 5 nitrogen and oxygen atoms in total. The Morgan fingerprint density at radius 2 is 2.14 bits per heavy atom. The van der Waals surface area contributed by atoms with Crippen molar-refractivity contribution in [1.82, 2.24) is 4.90 Å². The van der Waals surface area contributed by atoms with E-state index in [0.717, 1.165) is 34.7 Å². The standard InChI is InChI=1S/C15H23BrN2O3/c1-3-19-5-4-18(2)13(10-17)11-8-12(16)15-14(9-11)20-6-7-21-15/h8-9,13H,3-7,10,17H2,1-2H3. The number of hydrogen-bond acceptors (Lipinski definition) is 5. The van der Waals surface area contributed by atoms with Crippen LogP contribution in [0.5, 0.6) is 11.5 Å². The van der Waals surface area contributed by atoms with E-state index in [1.165, 1.54) is 0 Å². The summed E-state index contributed by atoms with van der Waals surface area (Å²) in [5, 5.41) is 0. The van der Waals surface area contributed by atoms with E-state index in [4.69, 9.17) is 19.9 Å². The number of hydrogen-bond donors (Lipinski definition) is 1. The first-order valence-electron chi connectivity index (χ1n) is 7.24. The molecule has 0 bridgehead atoms. The third-order valence-electron chi connectivity index (χ3n) is 3.55. The third-order valence-corrected chi connectivity index (χ3v) is 4.14. The van der Waals surface area contributed by atoms with Gasteiger partial charge in [0.05, 0.1) is 11.1 Å². The van der Waals surface area contributed by atoms with E-state index in [1.807, 2.05) is 13.0 Å². The lowest BCUT2D eigenvalue weighted by Gasteiger charge is -2.29.